The Balaban J connectivity index is 1.29. The molecule has 3 nitrogen and oxygen atoms in total. The highest BCUT2D eigenvalue weighted by Crippen LogP contribution is 2.44. The van der Waals surface area contributed by atoms with E-state index in [1.807, 2.05) is 12.1 Å². The van der Waals surface area contributed by atoms with Crippen LogP contribution in [0.25, 0.3) is 84.8 Å². The molecule has 0 aliphatic carbocycles. The summed E-state index contributed by atoms with van der Waals surface area (Å²) in [6.45, 7) is 0. The van der Waals surface area contributed by atoms with E-state index in [9.17, 15) is 0 Å². The van der Waals surface area contributed by atoms with Crippen LogP contribution in [0.4, 0.5) is 0 Å². The fraction of sp³-hybridized carbons (Fsp3) is 0. The molecule has 202 valence electrons. The lowest BCUT2D eigenvalue weighted by atomic mass is 10.1. The fourth-order valence-electron chi connectivity index (χ4n) is 6.82. The Labute approximate surface area is 258 Å². The molecule has 0 fully saturated rings. The number of thiophene rings is 1. The minimum Gasteiger partial charge on any atom is -0.309 e. The number of benzene rings is 6. The Hall–Kier alpha value is -4.68. The maximum atomic E-state index is 6.62. The Morgan fingerprint density at radius 1 is 0.512 bits per heavy atom. The molecule has 0 saturated carbocycles. The first-order valence-electron chi connectivity index (χ1n) is 14.2. The third-order valence-corrected chi connectivity index (χ3v) is 11.3. The van der Waals surface area contributed by atoms with Crippen LogP contribution < -0.4 is 0 Å². The number of halogens is 1. The van der Waals surface area contributed by atoms with Crippen molar-refractivity contribution < 1.29 is 0 Å². The van der Waals surface area contributed by atoms with Crippen molar-refractivity contribution in [1.29, 1.82) is 0 Å². The number of hydrogen-bond acceptors (Lipinski definition) is 3. The van der Waals surface area contributed by atoms with Crippen molar-refractivity contribution in [2.45, 2.75) is 0 Å². The normalized spacial score (nSPS) is 12.3. The van der Waals surface area contributed by atoms with Crippen molar-refractivity contribution in [2.24, 2.45) is 0 Å². The zero-order chi connectivity index (χ0) is 28.2. The van der Waals surface area contributed by atoms with Crippen LogP contribution in [0, 0.1) is 0 Å². The van der Waals surface area contributed by atoms with E-state index in [4.69, 9.17) is 16.6 Å². The Kier molecular flexibility index (Phi) is 4.81. The predicted molar refractivity (Wildman–Crippen MR) is 186 cm³/mol. The highest BCUT2D eigenvalue weighted by atomic mass is 35.5. The first kappa shape index (κ1) is 23.8. The lowest BCUT2D eigenvalue weighted by molar-refractivity contribution is 1.14. The molecule has 0 saturated heterocycles. The van der Waals surface area contributed by atoms with Crippen LogP contribution in [0.1, 0.15) is 0 Å². The lowest BCUT2D eigenvalue weighted by Gasteiger charge is -2.09. The zero-order valence-corrected chi connectivity index (χ0v) is 25.0. The van der Waals surface area contributed by atoms with Gasteiger partial charge in [-0.1, -0.05) is 95.7 Å². The fourth-order valence-corrected chi connectivity index (χ4v) is 9.45. The van der Waals surface area contributed by atoms with E-state index in [1.165, 1.54) is 52.8 Å². The molecule has 10 rings (SSSR count). The highest BCUT2D eigenvalue weighted by molar-refractivity contribution is 7.28. The van der Waals surface area contributed by atoms with Crippen LogP contribution in [0.3, 0.4) is 0 Å². The number of fused-ring (bicyclic) bond motifs is 11. The molecule has 4 aromatic heterocycles. The van der Waals surface area contributed by atoms with E-state index < -0.39 is 0 Å². The number of thiazole rings is 1. The van der Waals surface area contributed by atoms with E-state index >= 15 is 0 Å². The van der Waals surface area contributed by atoms with Gasteiger partial charge in [0.05, 0.1) is 42.0 Å². The van der Waals surface area contributed by atoms with E-state index in [2.05, 4.69) is 118 Å². The van der Waals surface area contributed by atoms with Gasteiger partial charge in [-0.05, 0) is 48.5 Å². The SMILES string of the molecule is Clc1cccc2c1sc1ccc3nc(-n4c5ccccc5c5ccc(-n6c7ccccc7c7ccccc76)cc54)sc3c12. The minimum absolute atomic E-state index is 0.802. The summed E-state index contributed by atoms with van der Waals surface area (Å²) in [5.41, 5.74) is 6.86. The molecule has 0 atom stereocenters. The molecule has 0 unspecified atom stereocenters. The Morgan fingerprint density at radius 3 is 1.86 bits per heavy atom. The standard InChI is InChI=1S/C37H20ClN3S2/c38-27-12-7-11-26-34-33(42-35(26)27)19-18-28-36(34)43-37(39-28)41-31-15-6-3-10-24(31)25-17-16-21(20-32(25)41)40-29-13-4-1-8-22(29)23-9-2-5-14-30(23)40/h1-20H. The van der Waals surface area contributed by atoms with Gasteiger partial charge in [-0.25, -0.2) is 4.98 Å². The largest absolute Gasteiger partial charge is 0.309 e. The average Bonchev–Trinajstić information content (AvgIpc) is 3.80. The number of aromatic nitrogens is 3. The van der Waals surface area contributed by atoms with Crippen LogP contribution in [0.5, 0.6) is 0 Å². The van der Waals surface area contributed by atoms with Gasteiger partial charge < -0.3 is 4.57 Å². The molecule has 0 aliphatic rings. The summed E-state index contributed by atoms with van der Waals surface area (Å²) in [4.78, 5) is 5.25. The summed E-state index contributed by atoms with van der Waals surface area (Å²) in [6, 6.07) is 43.4. The first-order valence-corrected chi connectivity index (χ1v) is 16.2. The van der Waals surface area contributed by atoms with Gasteiger partial charge in [0.2, 0.25) is 0 Å². The van der Waals surface area contributed by atoms with Gasteiger partial charge in [0.15, 0.2) is 5.13 Å². The van der Waals surface area contributed by atoms with Gasteiger partial charge in [-0.2, -0.15) is 0 Å². The van der Waals surface area contributed by atoms with Gasteiger partial charge in [0.1, 0.15) is 0 Å². The monoisotopic (exact) mass is 605 g/mol. The van der Waals surface area contributed by atoms with Gasteiger partial charge >= 0.3 is 0 Å². The van der Waals surface area contributed by atoms with Crippen molar-refractivity contribution >= 4 is 108 Å². The molecule has 4 heterocycles. The number of nitrogens with zero attached hydrogens (tertiary/aromatic N) is 3. The molecule has 6 heteroatoms. The van der Waals surface area contributed by atoms with Crippen molar-refractivity contribution in [3.05, 3.63) is 126 Å². The van der Waals surface area contributed by atoms with Crippen molar-refractivity contribution in [1.82, 2.24) is 14.1 Å². The molecule has 10 aromatic rings. The topological polar surface area (TPSA) is 22.8 Å². The van der Waals surface area contributed by atoms with Crippen molar-refractivity contribution in [3.8, 4) is 10.8 Å². The predicted octanol–water partition coefficient (Wildman–Crippen LogP) is 11.5. The van der Waals surface area contributed by atoms with Crippen LogP contribution in [-0.4, -0.2) is 14.1 Å². The summed E-state index contributed by atoms with van der Waals surface area (Å²) >= 11 is 10.1. The van der Waals surface area contributed by atoms with Gasteiger partial charge in [0, 0.05) is 42.7 Å². The van der Waals surface area contributed by atoms with Crippen molar-refractivity contribution in [3.63, 3.8) is 0 Å². The molecule has 0 spiro atoms. The van der Waals surface area contributed by atoms with Crippen LogP contribution in [0.2, 0.25) is 5.02 Å². The maximum Gasteiger partial charge on any atom is 0.195 e. The molecule has 0 radical (unpaired) electrons. The lowest BCUT2D eigenvalue weighted by Crippen LogP contribution is -1.96. The Bertz CT molecular complexity index is 2710. The highest BCUT2D eigenvalue weighted by Gasteiger charge is 2.20. The molecule has 0 bridgehead atoms. The third kappa shape index (κ3) is 3.22. The second-order valence-corrected chi connectivity index (χ2v) is 13.4. The summed E-state index contributed by atoms with van der Waals surface area (Å²) in [5, 5.41) is 9.18. The minimum atomic E-state index is 0.802. The van der Waals surface area contributed by atoms with Crippen molar-refractivity contribution in [2.75, 3.05) is 0 Å². The summed E-state index contributed by atoms with van der Waals surface area (Å²) in [5.74, 6) is 0. The molecular formula is C37H20ClN3S2. The summed E-state index contributed by atoms with van der Waals surface area (Å²) in [7, 11) is 0. The quantitative estimate of drug-likeness (QED) is 0.192. The van der Waals surface area contributed by atoms with Crippen LogP contribution in [-0.2, 0) is 0 Å². The summed E-state index contributed by atoms with van der Waals surface area (Å²) in [6.07, 6.45) is 0. The third-order valence-electron chi connectivity index (χ3n) is 8.64. The van der Waals surface area contributed by atoms with E-state index in [0.29, 0.717) is 0 Å². The van der Waals surface area contributed by atoms with Crippen LogP contribution >= 0.6 is 34.3 Å². The Morgan fingerprint density at radius 2 is 1.14 bits per heavy atom. The van der Waals surface area contributed by atoms with E-state index in [-0.39, 0.29) is 0 Å². The average molecular weight is 606 g/mol. The molecule has 43 heavy (non-hydrogen) atoms. The zero-order valence-electron chi connectivity index (χ0n) is 22.6. The van der Waals surface area contributed by atoms with E-state index in [1.54, 1.807) is 22.7 Å². The maximum absolute atomic E-state index is 6.62. The number of para-hydroxylation sites is 3. The second kappa shape index (κ2) is 8.68. The smallest absolute Gasteiger partial charge is 0.195 e. The molecule has 0 amide bonds. The molecular weight excluding hydrogens is 586 g/mol. The molecule has 0 N–H and O–H groups in total. The van der Waals surface area contributed by atoms with Gasteiger partial charge in [0.25, 0.3) is 0 Å². The van der Waals surface area contributed by atoms with Gasteiger partial charge in [-0.15, -0.1) is 11.3 Å². The number of hydrogen-bond donors (Lipinski definition) is 0. The van der Waals surface area contributed by atoms with E-state index in [0.717, 1.165) is 37.1 Å². The van der Waals surface area contributed by atoms with Gasteiger partial charge in [-0.3, -0.25) is 4.57 Å². The molecule has 0 aliphatic heterocycles. The molecule has 6 aromatic carbocycles. The van der Waals surface area contributed by atoms with Crippen LogP contribution in [0.15, 0.2) is 121 Å². The number of rotatable bonds is 2. The second-order valence-electron chi connectivity index (χ2n) is 10.9. The first-order chi connectivity index (χ1) is 21.2. The summed E-state index contributed by atoms with van der Waals surface area (Å²) < 4.78 is 8.30.